The van der Waals surface area contributed by atoms with Gasteiger partial charge in [0.15, 0.2) is 0 Å². The fourth-order valence-corrected chi connectivity index (χ4v) is 3.52. The molecule has 0 bridgehead atoms. The van der Waals surface area contributed by atoms with Crippen LogP contribution in [-0.4, -0.2) is 35.8 Å². The van der Waals surface area contributed by atoms with Crippen molar-refractivity contribution >= 4 is 24.2 Å². The van der Waals surface area contributed by atoms with E-state index in [1.807, 2.05) is 24.3 Å². The second-order valence-corrected chi connectivity index (χ2v) is 7.07. The quantitative estimate of drug-likeness (QED) is 0.724. The van der Waals surface area contributed by atoms with E-state index in [-0.39, 0.29) is 30.0 Å². The molecule has 5 nitrogen and oxygen atoms in total. The molecule has 0 saturated heterocycles. The lowest BCUT2D eigenvalue weighted by atomic mass is 9.93. The molecule has 156 valence electrons. The van der Waals surface area contributed by atoms with Crippen molar-refractivity contribution in [3.05, 3.63) is 71.0 Å². The van der Waals surface area contributed by atoms with Gasteiger partial charge in [-0.15, -0.1) is 12.4 Å². The molecule has 1 atom stereocenters. The minimum atomic E-state index is -0.520. The summed E-state index contributed by atoms with van der Waals surface area (Å²) in [4.78, 5) is 27.2. The number of fused-ring (bicyclic) bond motifs is 1. The van der Waals surface area contributed by atoms with Crippen molar-refractivity contribution < 1.29 is 14.0 Å². The van der Waals surface area contributed by atoms with Gasteiger partial charge in [-0.25, -0.2) is 4.39 Å². The number of hydrogen-bond donors (Lipinski definition) is 2. The van der Waals surface area contributed by atoms with Gasteiger partial charge in [-0.2, -0.15) is 0 Å². The standard InChI is InChI=1S/C22H26FN3O2.ClH/c23-19-9-7-16(8-10-19)11-13-25-22(28)20-14-17-4-1-2-5-18(17)15-26(20)21(27)6-3-12-24;/h1-2,4-5,7-10,20H,3,6,11-15,24H2,(H,25,28);1H. The summed E-state index contributed by atoms with van der Waals surface area (Å²) in [5.74, 6) is -0.475. The molecule has 1 aliphatic heterocycles. The lowest BCUT2D eigenvalue weighted by Gasteiger charge is -2.36. The molecular formula is C22H27ClFN3O2. The Morgan fingerprint density at radius 1 is 1.10 bits per heavy atom. The van der Waals surface area contributed by atoms with Gasteiger partial charge in [0.1, 0.15) is 11.9 Å². The maximum absolute atomic E-state index is 13.0. The van der Waals surface area contributed by atoms with Gasteiger partial charge in [0.25, 0.3) is 0 Å². The predicted octanol–water partition coefficient (Wildman–Crippen LogP) is 2.60. The van der Waals surface area contributed by atoms with Crippen LogP contribution in [0.25, 0.3) is 0 Å². The van der Waals surface area contributed by atoms with Crippen molar-refractivity contribution in [1.82, 2.24) is 10.2 Å². The maximum atomic E-state index is 13.0. The minimum absolute atomic E-state index is 0. The Morgan fingerprint density at radius 2 is 1.79 bits per heavy atom. The highest BCUT2D eigenvalue weighted by Gasteiger charge is 2.33. The minimum Gasteiger partial charge on any atom is -0.354 e. The number of halogens is 2. The summed E-state index contributed by atoms with van der Waals surface area (Å²) in [5, 5.41) is 2.94. The van der Waals surface area contributed by atoms with E-state index in [0.717, 1.165) is 16.7 Å². The summed E-state index contributed by atoms with van der Waals surface area (Å²) in [6.07, 6.45) is 2.07. The summed E-state index contributed by atoms with van der Waals surface area (Å²) in [5.41, 5.74) is 8.67. The Bertz CT molecular complexity index is 829. The van der Waals surface area contributed by atoms with Gasteiger partial charge >= 0.3 is 0 Å². The van der Waals surface area contributed by atoms with E-state index in [1.165, 1.54) is 12.1 Å². The normalized spacial score (nSPS) is 15.2. The summed E-state index contributed by atoms with van der Waals surface area (Å²) in [6, 6.07) is 13.6. The molecule has 2 aromatic carbocycles. The molecule has 2 amide bonds. The second kappa shape index (κ2) is 10.9. The highest BCUT2D eigenvalue weighted by Crippen LogP contribution is 2.24. The first-order chi connectivity index (χ1) is 13.6. The van der Waals surface area contributed by atoms with E-state index in [1.54, 1.807) is 17.0 Å². The average Bonchev–Trinajstić information content (AvgIpc) is 2.72. The van der Waals surface area contributed by atoms with Crippen molar-refractivity contribution in [2.75, 3.05) is 13.1 Å². The lowest BCUT2D eigenvalue weighted by molar-refractivity contribution is -0.141. The predicted molar refractivity (Wildman–Crippen MR) is 113 cm³/mol. The average molecular weight is 420 g/mol. The van der Waals surface area contributed by atoms with Gasteiger partial charge < -0.3 is 16.0 Å². The van der Waals surface area contributed by atoms with Crippen LogP contribution in [0, 0.1) is 5.82 Å². The van der Waals surface area contributed by atoms with Crippen molar-refractivity contribution in [3.8, 4) is 0 Å². The zero-order chi connectivity index (χ0) is 19.9. The van der Waals surface area contributed by atoms with Crippen LogP contribution >= 0.6 is 12.4 Å². The summed E-state index contributed by atoms with van der Waals surface area (Å²) < 4.78 is 13.0. The zero-order valence-corrected chi connectivity index (χ0v) is 17.1. The topological polar surface area (TPSA) is 75.4 Å². The highest BCUT2D eigenvalue weighted by atomic mass is 35.5. The van der Waals surface area contributed by atoms with E-state index in [9.17, 15) is 14.0 Å². The zero-order valence-electron chi connectivity index (χ0n) is 16.3. The van der Waals surface area contributed by atoms with Crippen LogP contribution in [0.2, 0.25) is 0 Å². The van der Waals surface area contributed by atoms with Crippen LogP contribution in [0.15, 0.2) is 48.5 Å². The van der Waals surface area contributed by atoms with E-state index >= 15 is 0 Å². The van der Waals surface area contributed by atoms with Gasteiger partial charge in [0.2, 0.25) is 11.8 Å². The molecule has 1 aliphatic rings. The molecular weight excluding hydrogens is 393 g/mol. The molecule has 3 rings (SSSR count). The summed E-state index contributed by atoms with van der Waals surface area (Å²) in [7, 11) is 0. The van der Waals surface area contributed by atoms with Gasteiger partial charge in [-0.1, -0.05) is 36.4 Å². The fourth-order valence-electron chi connectivity index (χ4n) is 3.52. The van der Waals surface area contributed by atoms with Crippen molar-refractivity contribution in [3.63, 3.8) is 0 Å². The largest absolute Gasteiger partial charge is 0.354 e. The molecule has 7 heteroatoms. The smallest absolute Gasteiger partial charge is 0.243 e. The van der Waals surface area contributed by atoms with Crippen LogP contribution in [-0.2, 0) is 29.0 Å². The van der Waals surface area contributed by atoms with Gasteiger partial charge in [-0.05, 0) is 48.2 Å². The Kier molecular flexibility index (Phi) is 8.61. The van der Waals surface area contributed by atoms with Crippen molar-refractivity contribution in [2.24, 2.45) is 5.73 Å². The SMILES string of the molecule is Cl.NCCCC(=O)N1Cc2ccccc2CC1C(=O)NCCc1ccc(F)cc1. The third-order valence-corrected chi connectivity index (χ3v) is 5.09. The summed E-state index contributed by atoms with van der Waals surface area (Å²) >= 11 is 0. The van der Waals surface area contributed by atoms with E-state index in [4.69, 9.17) is 5.73 Å². The summed E-state index contributed by atoms with van der Waals surface area (Å²) in [6.45, 7) is 1.33. The molecule has 2 aromatic rings. The number of nitrogens with two attached hydrogens (primary N) is 1. The molecule has 0 radical (unpaired) electrons. The second-order valence-electron chi connectivity index (χ2n) is 7.07. The number of nitrogens with zero attached hydrogens (tertiary/aromatic N) is 1. The molecule has 29 heavy (non-hydrogen) atoms. The van der Waals surface area contributed by atoms with Crippen molar-refractivity contribution in [2.45, 2.75) is 38.3 Å². The van der Waals surface area contributed by atoms with Crippen LogP contribution < -0.4 is 11.1 Å². The third kappa shape index (κ3) is 6.02. The Morgan fingerprint density at radius 3 is 2.48 bits per heavy atom. The van der Waals surface area contributed by atoms with Crippen LogP contribution in [0.4, 0.5) is 4.39 Å². The molecule has 0 aromatic heterocycles. The van der Waals surface area contributed by atoms with Gasteiger partial charge in [0, 0.05) is 25.9 Å². The van der Waals surface area contributed by atoms with E-state index < -0.39 is 6.04 Å². The molecule has 0 aliphatic carbocycles. The van der Waals surface area contributed by atoms with Crippen LogP contribution in [0.1, 0.15) is 29.5 Å². The molecule has 0 saturated carbocycles. The van der Waals surface area contributed by atoms with E-state index in [0.29, 0.717) is 45.3 Å². The number of benzene rings is 2. The number of rotatable bonds is 7. The van der Waals surface area contributed by atoms with Gasteiger partial charge in [0.05, 0.1) is 0 Å². The Hall–Kier alpha value is -2.44. The lowest BCUT2D eigenvalue weighted by Crippen LogP contribution is -2.52. The molecule has 0 fully saturated rings. The molecule has 3 N–H and O–H groups in total. The fraction of sp³-hybridized carbons (Fsp3) is 0.364. The number of nitrogens with one attached hydrogen (secondary N) is 1. The first kappa shape index (κ1) is 22.8. The van der Waals surface area contributed by atoms with Crippen molar-refractivity contribution in [1.29, 1.82) is 0 Å². The number of carbonyl (C=O) groups is 2. The Balaban J connectivity index is 0.00000300. The number of amides is 2. The number of hydrogen-bond acceptors (Lipinski definition) is 3. The first-order valence-electron chi connectivity index (χ1n) is 9.67. The van der Waals surface area contributed by atoms with Crippen LogP contribution in [0.5, 0.6) is 0 Å². The highest BCUT2D eigenvalue weighted by molar-refractivity contribution is 5.88. The Labute approximate surface area is 176 Å². The molecule has 1 heterocycles. The van der Waals surface area contributed by atoms with Crippen LogP contribution in [0.3, 0.4) is 0 Å². The monoisotopic (exact) mass is 419 g/mol. The maximum Gasteiger partial charge on any atom is 0.243 e. The number of carbonyl (C=O) groups excluding carboxylic acids is 2. The molecule has 0 spiro atoms. The first-order valence-corrected chi connectivity index (χ1v) is 9.67. The van der Waals surface area contributed by atoms with Gasteiger partial charge in [-0.3, -0.25) is 9.59 Å². The molecule has 1 unspecified atom stereocenters. The van der Waals surface area contributed by atoms with E-state index in [2.05, 4.69) is 5.32 Å². The third-order valence-electron chi connectivity index (χ3n) is 5.09.